The highest BCUT2D eigenvalue weighted by atomic mass is 32.2. The van der Waals surface area contributed by atoms with Crippen LogP contribution in [-0.2, 0) is 26.7 Å². The Balaban J connectivity index is 1.61. The van der Waals surface area contributed by atoms with Gasteiger partial charge in [0.25, 0.3) is 10.1 Å². The van der Waals surface area contributed by atoms with Crippen molar-refractivity contribution in [2.24, 2.45) is 0 Å². The fourth-order valence-electron chi connectivity index (χ4n) is 6.72. The minimum Gasteiger partial charge on any atom is -0.504 e. The van der Waals surface area contributed by atoms with Crippen LogP contribution in [0.5, 0.6) is 11.5 Å². The van der Waals surface area contributed by atoms with E-state index in [1.54, 1.807) is 13.2 Å². The van der Waals surface area contributed by atoms with Crippen molar-refractivity contribution in [3.8, 4) is 11.5 Å². The second kappa shape index (κ2) is 6.31. The predicted octanol–water partition coefficient (Wildman–Crippen LogP) is 0.676. The zero-order valence-electron chi connectivity index (χ0n) is 16.7. The van der Waals surface area contributed by atoms with Crippen molar-refractivity contribution in [3.05, 3.63) is 23.3 Å². The molecule has 2 aliphatic heterocycles. The minimum absolute atomic E-state index is 0.0955. The van der Waals surface area contributed by atoms with Crippen LogP contribution in [-0.4, -0.2) is 79.8 Å². The second-order valence-electron chi connectivity index (χ2n) is 8.89. The van der Waals surface area contributed by atoms with Gasteiger partial charge in [-0.25, -0.2) is 0 Å². The molecule has 2 heterocycles. The van der Waals surface area contributed by atoms with Gasteiger partial charge in [0.1, 0.15) is 6.10 Å². The Hall–Kier alpha value is -1.39. The van der Waals surface area contributed by atoms with Gasteiger partial charge in [0.2, 0.25) is 0 Å². The summed E-state index contributed by atoms with van der Waals surface area (Å²) in [4.78, 5) is 2.38. The Morgan fingerprint density at radius 1 is 1.38 bits per heavy atom. The van der Waals surface area contributed by atoms with Crippen molar-refractivity contribution in [3.63, 3.8) is 0 Å². The van der Waals surface area contributed by atoms with Crippen molar-refractivity contribution in [2.45, 2.75) is 54.9 Å². The van der Waals surface area contributed by atoms with E-state index >= 15 is 0 Å². The van der Waals surface area contributed by atoms with Gasteiger partial charge in [-0.15, -0.1) is 0 Å². The summed E-state index contributed by atoms with van der Waals surface area (Å²) in [5, 5.41) is 13.9. The van der Waals surface area contributed by atoms with Crippen LogP contribution in [0, 0.1) is 0 Å². The SMILES string of the molecule is CO[C@@]12CC[C@@H](NCCS(=O)(=O)O)[C@@H]3Oc4c(O)ccc5c4[C@@]31CCN(C)[C@@H]2C5. The molecular formula is C20H28N2O6S. The van der Waals surface area contributed by atoms with Crippen LogP contribution in [0.4, 0.5) is 0 Å². The third-order valence-electron chi connectivity index (χ3n) is 7.82. The lowest BCUT2D eigenvalue weighted by molar-refractivity contribution is -0.203. The van der Waals surface area contributed by atoms with E-state index in [2.05, 4.69) is 17.3 Å². The molecule has 0 aromatic heterocycles. The zero-order chi connectivity index (χ0) is 20.6. The summed E-state index contributed by atoms with van der Waals surface area (Å²) in [5.41, 5.74) is 1.46. The normalized spacial score (nSPS) is 37.8. The quantitative estimate of drug-likeness (QED) is 0.592. The van der Waals surface area contributed by atoms with Gasteiger partial charge in [-0.1, -0.05) is 6.07 Å². The molecule has 8 nitrogen and oxygen atoms in total. The molecule has 0 amide bonds. The fraction of sp³-hybridized carbons (Fsp3) is 0.700. The summed E-state index contributed by atoms with van der Waals surface area (Å²) in [7, 11) is -0.105. The Morgan fingerprint density at radius 3 is 2.90 bits per heavy atom. The maximum atomic E-state index is 11.2. The van der Waals surface area contributed by atoms with Gasteiger partial charge in [-0.2, -0.15) is 8.42 Å². The number of phenols is 1. The van der Waals surface area contributed by atoms with Crippen molar-refractivity contribution in [1.82, 2.24) is 10.2 Å². The van der Waals surface area contributed by atoms with Crippen molar-refractivity contribution in [2.75, 3.05) is 33.0 Å². The summed E-state index contributed by atoms with van der Waals surface area (Å²) in [5.74, 6) is 0.361. The smallest absolute Gasteiger partial charge is 0.266 e. The molecule has 4 aliphatic rings. The molecule has 1 aromatic carbocycles. The molecule has 1 aromatic rings. The van der Waals surface area contributed by atoms with E-state index in [0.29, 0.717) is 5.75 Å². The van der Waals surface area contributed by atoms with Crippen LogP contribution >= 0.6 is 0 Å². The number of hydrogen-bond donors (Lipinski definition) is 3. The number of methoxy groups -OCH3 is 1. The largest absolute Gasteiger partial charge is 0.504 e. The number of aromatic hydroxyl groups is 1. The van der Waals surface area contributed by atoms with Gasteiger partial charge in [0.15, 0.2) is 11.5 Å². The average Bonchev–Trinajstić information content (AvgIpc) is 3.02. The number of nitrogens with zero attached hydrogens (tertiary/aromatic N) is 1. The second-order valence-corrected chi connectivity index (χ2v) is 10.5. The number of benzene rings is 1. The van der Waals surface area contributed by atoms with Crippen molar-refractivity contribution < 1.29 is 27.6 Å². The fourth-order valence-corrected chi connectivity index (χ4v) is 7.10. The van der Waals surface area contributed by atoms with E-state index in [9.17, 15) is 13.5 Å². The molecule has 160 valence electrons. The van der Waals surface area contributed by atoms with E-state index in [-0.39, 0.29) is 36.2 Å². The highest BCUT2D eigenvalue weighted by molar-refractivity contribution is 7.85. The maximum absolute atomic E-state index is 11.2. The summed E-state index contributed by atoms with van der Waals surface area (Å²) < 4.78 is 44.2. The predicted molar refractivity (Wildman–Crippen MR) is 106 cm³/mol. The van der Waals surface area contributed by atoms with Crippen LogP contribution in [0.15, 0.2) is 12.1 Å². The van der Waals surface area contributed by atoms with Gasteiger partial charge >= 0.3 is 0 Å². The van der Waals surface area contributed by atoms with Crippen LogP contribution < -0.4 is 10.1 Å². The first-order valence-electron chi connectivity index (χ1n) is 10.2. The molecule has 0 radical (unpaired) electrons. The first kappa shape index (κ1) is 19.6. The van der Waals surface area contributed by atoms with Crippen molar-refractivity contribution >= 4 is 10.1 Å². The topological polar surface area (TPSA) is 108 Å². The van der Waals surface area contributed by atoms with Crippen LogP contribution in [0.25, 0.3) is 0 Å². The third-order valence-corrected chi connectivity index (χ3v) is 8.54. The molecular weight excluding hydrogens is 396 g/mol. The maximum Gasteiger partial charge on any atom is 0.266 e. The van der Waals surface area contributed by atoms with Crippen LogP contribution in [0.3, 0.4) is 0 Å². The molecule has 9 heteroatoms. The number of nitrogens with one attached hydrogen (secondary N) is 1. The number of likely N-dealkylation sites (tertiary alicyclic amines) is 1. The van der Waals surface area contributed by atoms with Gasteiger partial charge in [0, 0.05) is 31.3 Å². The molecule has 2 fully saturated rings. The summed E-state index contributed by atoms with van der Waals surface area (Å²) >= 11 is 0. The van der Waals surface area contributed by atoms with E-state index < -0.39 is 21.1 Å². The molecule has 2 bridgehead atoms. The summed E-state index contributed by atoms with van der Waals surface area (Å²) in [6.45, 7) is 1.06. The van der Waals surface area contributed by atoms with E-state index in [1.807, 2.05) is 6.07 Å². The molecule has 0 unspecified atom stereocenters. The first-order valence-corrected chi connectivity index (χ1v) is 11.8. The Kier molecular flexibility index (Phi) is 4.25. The molecule has 1 saturated carbocycles. The number of phenolic OH excluding ortho intramolecular Hbond substituents is 1. The molecule has 2 aliphatic carbocycles. The Morgan fingerprint density at radius 2 is 2.17 bits per heavy atom. The molecule has 3 N–H and O–H groups in total. The zero-order valence-corrected chi connectivity index (χ0v) is 17.5. The van der Waals surface area contributed by atoms with Crippen LogP contribution in [0.1, 0.15) is 30.4 Å². The monoisotopic (exact) mass is 424 g/mol. The van der Waals surface area contributed by atoms with E-state index in [4.69, 9.17) is 14.0 Å². The highest BCUT2D eigenvalue weighted by Gasteiger charge is 2.73. The third kappa shape index (κ3) is 2.48. The minimum atomic E-state index is -4.03. The van der Waals surface area contributed by atoms with E-state index in [1.165, 1.54) is 5.56 Å². The van der Waals surface area contributed by atoms with Gasteiger partial charge in [0.05, 0.1) is 16.8 Å². The highest BCUT2D eigenvalue weighted by Crippen LogP contribution is 2.66. The molecule has 29 heavy (non-hydrogen) atoms. The standard InChI is InChI=1S/C20H28N2O6S/c1-22-9-7-19-16-12-3-4-14(23)17(16)28-18(19)13(21-8-10-29(24,25)26)5-6-20(19,27-2)15(22)11-12/h3-4,13,15,18,21,23H,5-11H2,1-2H3,(H,24,25,26)/t13-,15-,18+,19+,20-/m1/s1. The van der Waals surface area contributed by atoms with Gasteiger partial charge in [-0.05, 0) is 50.9 Å². The average molecular weight is 425 g/mol. The first-order chi connectivity index (χ1) is 13.7. The Labute approximate surface area is 170 Å². The lowest BCUT2D eigenvalue weighted by atomic mass is 9.48. The van der Waals surface area contributed by atoms with Gasteiger partial charge in [-0.3, -0.25) is 4.55 Å². The lowest BCUT2D eigenvalue weighted by Crippen LogP contribution is -2.78. The number of hydrogen-bond acceptors (Lipinski definition) is 7. The van der Waals surface area contributed by atoms with E-state index in [0.717, 1.165) is 37.8 Å². The number of likely N-dealkylation sites (N-methyl/N-ethyl adjacent to an activating group) is 1. The molecule has 5 atom stereocenters. The van der Waals surface area contributed by atoms with Gasteiger partial charge < -0.3 is 24.8 Å². The Bertz CT molecular complexity index is 953. The molecule has 1 spiro atoms. The molecule has 5 rings (SSSR count). The lowest BCUT2D eigenvalue weighted by Gasteiger charge is -2.65. The number of rotatable bonds is 5. The number of ether oxygens (including phenoxy) is 2. The summed E-state index contributed by atoms with van der Waals surface area (Å²) in [6, 6.07) is 3.83. The molecule has 1 saturated heterocycles. The summed E-state index contributed by atoms with van der Waals surface area (Å²) in [6.07, 6.45) is 3.01. The van der Waals surface area contributed by atoms with Crippen LogP contribution in [0.2, 0.25) is 0 Å². The number of piperidine rings is 1. The van der Waals surface area contributed by atoms with Crippen molar-refractivity contribution in [1.29, 1.82) is 0 Å².